The lowest BCUT2D eigenvalue weighted by atomic mass is 10.1. The first kappa shape index (κ1) is 24.8. The third kappa shape index (κ3) is 13.0. The van der Waals surface area contributed by atoms with Gasteiger partial charge in [0.1, 0.15) is 6.04 Å². The van der Waals surface area contributed by atoms with Gasteiger partial charge in [-0.3, -0.25) is 9.59 Å². The number of carboxylic acid groups (broad SMARTS) is 1. The van der Waals surface area contributed by atoms with E-state index in [9.17, 15) is 9.59 Å². The molecule has 2 rings (SSSR count). The van der Waals surface area contributed by atoms with Gasteiger partial charge in [0.2, 0.25) is 0 Å². The number of carboxylic acids is 1. The van der Waals surface area contributed by atoms with E-state index in [2.05, 4.69) is 5.32 Å². The Morgan fingerprint density at radius 2 is 1.96 bits per heavy atom. The number of nitrogens with two attached hydrogens (primary N) is 2. The van der Waals surface area contributed by atoms with Crippen molar-refractivity contribution in [2.24, 2.45) is 11.5 Å². The molecular formula is C17H27Cl2N3O4. The van der Waals surface area contributed by atoms with Crippen molar-refractivity contribution in [3.8, 4) is 0 Å². The van der Waals surface area contributed by atoms with E-state index in [0.29, 0.717) is 34.9 Å². The summed E-state index contributed by atoms with van der Waals surface area (Å²) >= 11 is 11.2. The standard InChI is InChI=1S/C7H4Cl2O.C6H14N2O2.C4H9NO/c8-6-2-1-5(4-10)7(9)3-6;7-4-2-1-3-5(8)6(9)10;1-3-6-4-2-5-1/h1-4H;5H,1-4,7-8H2,(H,9,10);5H,1-4H2/t;5-;/m.0./s1. The van der Waals surface area contributed by atoms with E-state index < -0.39 is 12.0 Å². The molecule has 148 valence electrons. The fourth-order valence-corrected chi connectivity index (χ4v) is 2.20. The number of hydrogen-bond acceptors (Lipinski definition) is 6. The Labute approximate surface area is 164 Å². The molecule has 1 aliphatic heterocycles. The molecular weight excluding hydrogens is 381 g/mol. The molecule has 1 aromatic carbocycles. The van der Waals surface area contributed by atoms with Crippen LogP contribution < -0.4 is 16.8 Å². The average Bonchev–Trinajstić information content (AvgIpc) is 2.64. The number of benzene rings is 1. The van der Waals surface area contributed by atoms with E-state index in [-0.39, 0.29) is 0 Å². The van der Waals surface area contributed by atoms with Crippen LogP contribution in [0.4, 0.5) is 0 Å². The number of ether oxygens (including phenoxy) is 1. The first-order chi connectivity index (χ1) is 12.4. The largest absolute Gasteiger partial charge is 0.480 e. The van der Waals surface area contributed by atoms with Crippen molar-refractivity contribution in [2.45, 2.75) is 25.3 Å². The van der Waals surface area contributed by atoms with Crippen molar-refractivity contribution in [1.29, 1.82) is 0 Å². The second-order valence-electron chi connectivity index (χ2n) is 5.38. The maximum atomic E-state index is 10.2. The highest BCUT2D eigenvalue weighted by Crippen LogP contribution is 2.18. The van der Waals surface area contributed by atoms with E-state index in [1.807, 2.05) is 0 Å². The lowest BCUT2D eigenvalue weighted by Crippen LogP contribution is -2.30. The highest BCUT2D eigenvalue weighted by Gasteiger charge is 2.09. The Kier molecular flexibility index (Phi) is 15.2. The van der Waals surface area contributed by atoms with Gasteiger partial charge < -0.3 is 26.6 Å². The van der Waals surface area contributed by atoms with E-state index in [1.165, 1.54) is 6.07 Å². The Balaban J connectivity index is 0.000000372. The number of rotatable bonds is 6. The first-order valence-electron chi connectivity index (χ1n) is 8.29. The minimum atomic E-state index is -0.933. The van der Waals surface area contributed by atoms with Crippen molar-refractivity contribution < 1.29 is 19.4 Å². The summed E-state index contributed by atoms with van der Waals surface area (Å²) in [6.07, 6.45) is 2.86. The summed E-state index contributed by atoms with van der Waals surface area (Å²) in [6.45, 7) is 4.44. The monoisotopic (exact) mass is 407 g/mol. The van der Waals surface area contributed by atoms with E-state index in [1.54, 1.807) is 12.1 Å². The Morgan fingerprint density at radius 1 is 1.31 bits per heavy atom. The summed E-state index contributed by atoms with van der Waals surface area (Å²) in [5, 5.41) is 12.4. The molecule has 1 fully saturated rings. The highest BCUT2D eigenvalue weighted by molar-refractivity contribution is 6.36. The fraction of sp³-hybridized carbons (Fsp3) is 0.529. The SMILES string of the molecule is C1COCCN1.NCCCC[C@H](N)C(=O)O.O=Cc1ccc(Cl)cc1Cl. The zero-order valence-corrected chi connectivity index (χ0v) is 16.1. The highest BCUT2D eigenvalue weighted by atomic mass is 35.5. The number of carbonyl (C=O) groups is 2. The van der Waals surface area contributed by atoms with Crippen molar-refractivity contribution in [3.63, 3.8) is 0 Å². The summed E-state index contributed by atoms with van der Waals surface area (Å²) in [4.78, 5) is 20.3. The molecule has 7 nitrogen and oxygen atoms in total. The molecule has 0 aliphatic carbocycles. The lowest BCUT2D eigenvalue weighted by molar-refractivity contribution is -0.138. The number of carbonyl (C=O) groups excluding carboxylic acids is 1. The second-order valence-corrected chi connectivity index (χ2v) is 6.22. The summed E-state index contributed by atoms with van der Waals surface area (Å²) in [5.41, 5.74) is 10.9. The van der Waals surface area contributed by atoms with Gasteiger partial charge >= 0.3 is 5.97 Å². The summed E-state index contributed by atoms with van der Waals surface area (Å²) in [5.74, 6) is -0.933. The predicted molar refractivity (Wildman–Crippen MR) is 104 cm³/mol. The third-order valence-corrected chi connectivity index (χ3v) is 3.78. The molecule has 0 bridgehead atoms. The van der Waals surface area contributed by atoms with Gasteiger partial charge in [-0.05, 0) is 37.6 Å². The molecule has 1 heterocycles. The molecule has 9 heteroatoms. The maximum Gasteiger partial charge on any atom is 0.320 e. The lowest BCUT2D eigenvalue weighted by Gasteiger charge is -2.10. The van der Waals surface area contributed by atoms with Gasteiger partial charge in [-0.25, -0.2) is 0 Å². The molecule has 0 aromatic heterocycles. The molecule has 1 atom stereocenters. The molecule has 0 amide bonds. The number of nitrogens with one attached hydrogen (secondary N) is 1. The van der Waals surface area contributed by atoms with Gasteiger partial charge in [-0.15, -0.1) is 0 Å². The molecule has 0 radical (unpaired) electrons. The maximum absolute atomic E-state index is 10.2. The minimum Gasteiger partial charge on any atom is -0.480 e. The van der Waals surface area contributed by atoms with Crippen LogP contribution in [-0.2, 0) is 9.53 Å². The molecule has 0 saturated carbocycles. The number of halogens is 2. The van der Waals surface area contributed by atoms with Crippen LogP contribution in [0, 0.1) is 0 Å². The summed E-state index contributed by atoms with van der Waals surface area (Å²) in [6, 6.07) is 4.02. The zero-order chi connectivity index (χ0) is 19.8. The normalized spacial score (nSPS) is 14.2. The van der Waals surface area contributed by atoms with Crippen LogP contribution in [0.2, 0.25) is 10.0 Å². The fourth-order valence-electron chi connectivity index (χ4n) is 1.74. The smallest absolute Gasteiger partial charge is 0.320 e. The van der Waals surface area contributed by atoms with Crippen LogP contribution in [0.1, 0.15) is 29.6 Å². The number of unbranched alkanes of at least 4 members (excludes halogenated alkanes) is 1. The summed E-state index contributed by atoms with van der Waals surface area (Å²) < 4.78 is 5.01. The quantitative estimate of drug-likeness (QED) is 0.418. The second kappa shape index (κ2) is 16.0. The number of hydrogen-bond donors (Lipinski definition) is 4. The molecule has 26 heavy (non-hydrogen) atoms. The molecule has 1 aliphatic rings. The van der Waals surface area contributed by atoms with Gasteiger partial charge in [0.05, 0.1) is 18.2 Å². The van der Waals surface area contributed by atoms with E-state index >= 15 is 0 Å². The molecule has 6 N–H and O–H groups in total. The molecule has 1 aromatic rings. The van der Waals surface area contributed by atoms with E-state index in [0.717, 1.165) is 39.1 Å². The van der Waals surface area contributed by atoms with Crippen molar-refractivity contribution in [3.05, 3.63) is 33.8 Å². The van der Waals surface area contributed by atoms with Crippen molar-refractivity contribution in [1.82, 2.24) is 5.32 Å². The van der Waals surface area contributed by atoms with Gasteiger partial charge in [0, 0.05) is 23.7 Å². The molecule has 0 unspecified atom stereocenters. The average molecular weight is 408 g/mol. The molecule has 1 saturated heterocycles. The van der Waals surface area contributed by atoms with Crippen LogP contribution in [0.15, 0.2) is 18.2 Å². The van der Waals surface area contributed by atoms with Gasteiger partial charge in [0.15, 0.2) is 6.29 Å². The molecule has 0 spiro atoms. The van der Waals surface area contributed by atoms with Gasteiger partial charge in [-0.2, -0.15) is 0 Å². The topological polar surface area (TPSA) is 128 Å². The Hall–Kier alpha value is -1.22. The third-order valence-electron chi connectivity index (χ3n) is 3.22. The van der Waals surface area contributed by atoms with E-state index in [4.69, 9.17) is 44.5 Å². The first-order valence-corrected chi connectivity index (χ1v) is 9.05. The van der Waals surface area contributed by atoms with Crippen LogP contribution in [0.25, 0.3) is 0 Å². The zero-order valence-electron chi connectivity index (χ0n) is 14.6. The number of aliphatic carboxylic acids is 1. The van der Waals surface area contributed by atoms with Gasteiger partial charge in [-0.1, -0.05) is 29.6 Å². The number of morpholine rings is 1. The van der Waals surface area contributed by atoms with Crippen molar-refractivity contribution in [2.75, 3.05) is 32.8 Å². The van der Waals surface area contributed by atoms with Crippen LogP contribution in [0.3, 0.4) is 0 Å². The predicted octanol–water partition coefficient (Wildman–Crippen LogP) is 1.94. The Morgan fingerprint density at radius 3 is 2.35 bits per heavy atom. The number of aldehydes is 1. The minimum absolute atomic E-state index is 0.391. The Bertz CT molecular complexity index is 517. The van der Waals surface area contributed by atoms with Crippen LogP contribution >= 0.6 is 23.2 Å². The van der Waals surface area contributed by atoms with Crippen LogP contribution in [-0.4, -0.2) is 56.3 Å². The van der Waals surface area contributed by atoms with Gasteiger partial charge in [0.25, 0.3) is 0 Å². The summed E-state index contributed by atoms with van der Waals surface area (Å²) in [7, 11) is 0. The van der Waals surface area contributed by atoms with Crippen molar-refractivity contribution >= 4 is 35.5 Å². The van der Waals surface area contributed by atoms with Crippen LogP contribution in [0.5, 0.6) is 0 Å².